The zero-order chi connectivity index (χ0) is 11.0. The van der Waals surface area contributed by atoms with E-state index in [1.165, 1.54) is 6.20 Å². The van der Waals surface area contributed by atoms with Crippen LogP contribution in [0.5, 0.6) is 0 Å². The predicted molar refractivity (Wildman–Crippen MR) is 64.6 cm³/mol. The number of nitrogens with two attached hydrogens (primary N) is 1. The van der Waals surface area contributed by atoms with Crippen LogP contribution < -0.4 is 10.6 Å². The fraction of sp³-hybridized carbons (Fsp3) is 0.182. The molecule has 1 aromatic rings. The van der Waals surface area contributed by atoms with Gasteiger partial charge < -0.3 is 5.73 Å². The normalized spacial score (nSPS) is 15.0. The van der Waals surface area contributed by atoms with Crippen LogP contribution in [0.4, 0.5) is 11.4 Å². The van der Waals surface area contributed by atoms with Crippen molar-refractivity contribution in [3.63, 3.8) is 0 Å². The molecule has 0 radical (unpaired) electrons. The lowest BCUT2D eigenvalue weighted by Gasteiger charge is -2.26. The molecule has 15 heavy (non-hydrogen) atoms. The van der Waals surface area contributed by atoms with Gasteiger partial charge in [0.2, 0.25) is 5.91 Å². The number of carbonyl (C=O) groups is 1. The van der Waals surface area contributed by atoms with Crippen molar-refractivity contribution < 1.29 is 4.79 Å². The molecule has 0 spiro atoms. The van der Waals surface area contributed by atoms with Gasteiger partial charge in [-0.15, -0.1) is 0 Å². The number of carbonyl (C=O) groups excluding carboxylic acids is 1. The van der Waals surface area contributed by atoms with E-state index in [9.17, 15) is 4.79 Å². The highest BCUT2D eigenvalue weighted by Gasteiger charge is 2.22. The molecule has 0 saturated heterocycles. The van der Waals surface area contributed by atoms with E-state index in [1.54, 1.807) is 11.0 Å². The van der Waals surface area contributed by atoms with Crippen LogP contribution in [0.25, 0.3) is 0 Å². The van der Waals surface area contributed by atoms with Gasteiger partial charge in [-0.1, -0.05) is 6.58 Å². The third-order valence-corrected chi connectivity index (χ3v) is 3.20. The SMILES string of the molecule is C=CN1C(=O)CCc2cc(Br)c(N)cc21. The highest BCUT2D eigenvalue weighted by atomic mass is 79.9. The summed E-state index contributed by atoms with van der Waals surface area (Å²) in [6, 6.07) is 3.77. The lowest BCUT2D eigenvalue weighted by atomic mass is 10.0. The van der Waals surface area contributed by atoms with Crippen LogP contribution in [0.2, 0.25) is 0 Å². The number of hydrogen-bond acceptors (Lipinski definition) is 2. The van der Waals surface area contributed by atoms with Crippen LogP contribution in [-0.2, 0) is 11.2 Å². The molecule has 2 rings (SSSR count). The van der Waals surface area contributed by atoms with Crippen molar-refractivity contribution in [1.29, 1.82) is 0 Å². The Morgan fingerprint density at radius 3 is 2.87 bits per heavy atom. The molecule has 1 aliphatic heterocycles. The van der Waals surface area contributed by atoms with Gasteiger partial charge in [-0.2, -0.15) is 0 Å². The second-order valence-corrected chi connectivity index (χ2v) is 4.30. The highest BCUT2D eigenvalue weighted by Crippen LogP contribution is 2.34. The summed E-state index contributed by atoms with van der Waals surface area (Å²) in [5, 5.41) is 0. The predicted octanol–water partition coefficient (Wildman–Crippen LogP) is 2.45. The van der Waals surface area contributed by atoms with Crippen molar-refractivity contribution in [2.24, 2.45) is 0 Å². The Bertz CT molecular complexity index is 442. The lowest BCUT2D eigenvalue weighted by Crippen LogP contribution is -2.30. The Morgan fingerprint density at radius 2 is 2.20 bits per heavy atom. The molecule has 78 valence electrons. The van der Waals surface area contributed by atoms with Gasteiger partial charge in [-0.05, 0) is 40.0 Å². The molecule has 1 heterocycles. The van der Waals surface area contributed by atoms with E-state index in [0.29, 0.717) is 12.1 Å². The van der Waals surface area contributed by atoms with Gasteiger partial charge in [0.1, 0.15) is 0 Å². The Balaban J connectivity index is 2.58. The first kappa shape index (κ1) is 10.2. The van der Waals surface area contributed by atoms with Gasteiger partial charge in [0.05, 0.1) is 5.69 Å². The molecule has 0 bridgehead atoms. The molecule has 0 atom stereocenters. The summed E-state index contributed by atoms with van der Waals surface area (Å²) in [4.78, 5) is 13.1. The number of aryl methyl sites for hydroxylation is 1. The first-order valence-electron chi connectivity index (χ1n) is 4.66. The van der Waals surface area contributed by atoms with Crippen molar-refractivity contribution in [2.45, 2.75) is 12.8 Å². The van der Waals surface area contributed by atoms with Crippen molar-refractivity contribution in [3.05, 3.63) is 34.9 Å². The summed E-state index contributed by atoms with van der Waals surface area (Å²) in [6.07, 6.45) is 2.82. The summed E-state index contributed by atoms with van der Waals surface area (Å²) in [7, 11) is 0. The molecule has 1 aliphatic rings. The molecule has 0 unspecified atom stereocenters. The summed E-state index contributed by atoms with van der Waals surface area (Å²) >= 11 is 3.38. The van der Waals surface area contributed by atoms with Crippen molar-refractivity contribution >= 4 is 33.2 Å². The van der Waals surface area contributed by atoms with E-state index in [2.05, 4.69) is 22.5 Å². The zero-order valence-corrected chi connectivity index (χ0v) is 9.75. The van der Waals surface area contributed by atoms with Crippen LogP contribution in [0.1, 0.15) is 12.0 Å². The fourth-order valence-electron chi connectivity index (χ4n) is 1.74. The average Bonchev–Trinajstić information content (AvgIpc) is 2.21. The molecule has 0 aromatic heterocycles. The molecule has 0 aliphatic carbocycles. The van der Waals surface area contributed by atoms with E-state index in [4.69, 9.17) is 5.73 Å². The maximum atomic E-state index is 11.6. The van der Waals surface area contributed by atoms with Crippen LogP contribution in [-0.4, -0.2) is 5.91 Å². The van der Waals surface area contributed by atoms with E-state index >= 15 is 0 Å². The van der Waals surface area contributed by atoms with E-state index in [-0.39, 0.29) is 5.91 Å². The van der Waals surface area contributed by atoms with Gasteiger partial charge in [0.15, 0.2) is 0 Å². The second kappa shape index (κ2) is 3.70. The number of fused-ring (bicyclic) bond motifs is 1. The van der Waals surface area contributed by atoms with Gasteiger partial charge in [-0.3, -0.25) is 9.69 Å². The van der Waals surface area contributed by atoms with Gasteiger partial charge in [0, 0.05) is 22.8 Å². The van der Waals surface area contributed by atoms with Crippen molar-refractivity contribution in [2.75, 3.05) is 10.6 Å². The molecule has 1 amide bonds. The minimum atomic E-state index is 0.0687. The number of hydrogen-bond donors (Lipinski definition) is 1. The summed E-state index contributed by atoms with van der Waals surface area (Å²) < 4.78 is 0.875. The van der Waals surface area contributed by atoms with E-state index in [0.717, 1.165) is 22.1 Å². The Labute approximate surface area is 96.7 Å². The van der Waals surface area contributed by atoms with E-state index < -0.39 is 0 Å². The molecule has 0 saturated carbocycles. The minimum absolute atomic E-state index is 0.0687. The first-order chi connectivity index (χ1) is 7.13. The number of rotatable bonds is 1. The fourth-order valence-corrected chi connectivity index (χ4v) is 2.13. The van der Waals surface area contributed by atoms with Crippen molar-refractivity contribution in [3.8, 4) is 0 Å². The first-order valence-corrected chi connectivity index (χ1v) is 5.45. The zero-order valence-electron chi connectivity index (χ0n) is 8.16. The van der Waals surface area contributed by atoms with Crippen LogP contribution >= 0.6 is 15.9 Å². The molecule has 1 aromatic carbocycles. The lowest BCUT2D eigenvalue weighted by molar-refractivity contribution is -0.118. The summed E-state index contributed by atoms with van der Waals surface area (Å²) in [6.45, 7) is 3.64. The number of nitrogens with zero attached hydrogens (tertiary/aromatic N) is 1. The molecule has 3 nitrogen and oxygen atoms in total. The Hall–Kier alpha value is -1.29. The number of benzene rings is 1. The van der Waals surface area contributed by atoms with Crippen LogP contribution in [0, 0.1) is 0 Å². The Kier molecular flexibility index (Phi) is 2.52. The summed E-state index contributed by atoms with van der Waals surface area (Å²) in [5.41, 5.74) is 8.39. The quantitative estimate of drug-likeness (QED) is 0.794. The van der Waals surface area contributed by atoms with Gasteiger partial charge in [0.25, 0.3) is 0 Å². The average molecular weight is 267 g/mol. The van der Waals surface area contributed by atoms with Crippen LogP contribution in [0.15, 0.2) is 29.4 Å². The number of anilines is 2. The minimum Gasteiger partial charge on any atom is -0.398 e. The topological polar surface area (TPSA) is 46.3 Å². The largest absolute Gasteiger partial charge is 0.398 e. The standard InChI is InChI=1S/C11H11BrN2O/c1-2-14-10-6-9(13)8(12)5-7(10)3-4-11(14)15/h2,5-6H,1,3-4,13H2. The number of nitrogen functional groups attached to an aromatic ring is 1. The van der Waals surface area contributed by atoms with Crippen LogP contribution in [0.3, 0.4) is 0 Å². The number of halogens is 1. The molecule has 2 N–H and O–H groups in total. The Morgan fingerprint density at radius 1 is 1.47 bits per heavy atom. The molecule has 4 heteroatoms. The number of amides is 1. The third-order valence-electron chi connectivity index (χ3n) is 2.52. The van der Waals surface area contributed by atoms with E-state index in [1.807, 2.05) is 6.07 Å². The molecular formula is C11H11BrN2O. The maximum Gasteiger partial charge on any atom is 0.231 e. The monoisotopic (exact) mass is 266 g/mol. The highest BCUT2D eigenvalue weighted by molar-refractivity contribution is 9.10. The smallest absolute Gasteiger partial charge is 0.231 e. The van der Waals surface area contributed by atoms with Crippen molar-refractivity contribution in [1.82, 2.24) is 0 Å². The maximum absolute atomic E-state index is 11.6. The molecule has 0 fully saturated rings. The molecular weight excluding hydrogens is 256 g/mol. The summed E-state index contributed by atoms with van der Waals surface area (Å²) in [5.74, 6) is 0.0687. The third kappa shape index (κ3) is 1.65. The van der Waals surface area contributed by atoms with Gasteiger partial charge in [-0.25, -0.2) is 0 Å². The van der Waals surface area contributed by atoms with Gasteiger partial charge >= 0.3 is 0 Å². The second-order valence-electron chi connectivity index (χ2n) is 3.45.